The number of primary amides is 1. The van der Waals surface area contributed by atoms with Gasteiger partial charge in [-0.05, 0) is 18.2 Å². The van der Waals surface area contributed by atoms with E-state index < -0.39 is 11.9 Å². The molecule has 0 unspecified atom stereocenters. The van der Waals surface area contributed by atoms with E-state index >= 15 is 0 Å². The van der Waals surface area contributed by atoms with Crippen LogP contribution in [0.4, 0.5) is 4.79 Å². The number of urea groups is 1. The minimum absolute atomic E-state index is 0.253. The molecule has 0 atom stereocenters. The average molecular weight is 248 g/mol. The molecule has 3 amide bonds. The first-order valence-corrected chi connectivity index (χ1v) is 4.57. The largest absolute Gasteiger partial charge is 0.350 e. The summed E-state index contributed by atoms with van der Waals surface area (Å²) >= 11 is 11.4. The van der Waals surface area contributed by atoms with Crippen molar-refractivity contribution in [1.82, 2.24) is 10.9 Å². The Morgan fingerprint density at radius 3 is 2.33 bits per heavy atom. The van der Waals surface area contributed by atoms with Crippen molar-refractivity contribution in [3.8, 4) is 0 Å². The summed E-state index contributed by atoms with van der Waals surface area (Å²) < 4.78 is 0. The van der Waals surface area contributed by atoms with E-state index in [2.05, 4.69) is 5.43 Å². The van der Waals surface area contributed by atoms with Crippen LogP contribution in [0.2, 0.25) is 10.0 Å². The van der Waals surface area contributed by atoms with Crippen LogP contribution in [0.3, 0.4) is 0 Å². The van der Waals surface area contributed by atoms with Crippen LogP contribution in [-0.2, 0) is 0 Å². The fraction of sp³-hybridized carbons (Fsp3) is 0. The predicted octanol–water partition coefficient (Wildman–Crippen LogP) is 1.31. The van der Waals surface area contributed by atoms with E-state index in [-0.39, 0.29) is 10.6 Å². The second kappa shape index (κ2) is 4.86. The van der Waals surface area contributed by atoms with Gasteiger partial charge >= 0.3 is 6.03 Å². The molecule has 0 fully saturated rings. The number of amides is 3. The van der Waals surface area contributed by atoms with Crippen molar-refractivity contribution in [2.24, 2.45) is 5.73 Å². The standard InChI is InChI=1S/C8H7Cl2N3O2/c9-5-2-1-4(3-6(5)10)7(14)12-13-8(11)15/h1-3H,(H,12,14)(H3,11,13,15). The van der Waals surface area contributed by atoms with Crippen molar-refractivity contribution in [3.63, 3.8) is 0 Å². The first kappa shape index (κ1) is 11.6. The maximum atomic E-state index is 11.3. The number of carbonyl (C=O) groups is 2. The Morgan fingerprint density at radius 2 is 1.80 bits per heavy atom. The summed E-state index contributed by atoms with van der Waals surface area (Å²) in [7, 11) is 0. The van der Waals surface area contributed by atoms with Gasteiger partial charge in [-0.2, -0.15) is 0 Å². The van der Waals surface area contributed by atoms with Crippen LogP contribution in [0.5, 0.6) is 0 Å². The van der Waals surface area contributed by atoms with E-state index in [1.165, 1.54) is 18.2 Å². The molecule has 0 heterocycles. The van der Waals surface area contributed by atoms with E-state index in [9.17, 15) is 9.59 Å². The van der Waals surface area contributed by atoms with Gasteiger partial charge in [0, 0.05) is 5.56 Å². The van der Waals surface area contributed by atoms with E-state index in [1.54, 1.807) is 0 Å². The van der Waals surface area contributed by atoms with Gasteiger partial charge in [-0.3, -0.25) is 10.2 Å². The minimum Gasteiger partial charge on any atom is -0.350 e. The normalized spacial score (nSPS) is 9.47. The molecular weight excluding hydrogens is 241 g/mol. The zero-order valence-corrected chi connectivity index (χ0v) is 8.89. The first-order chi connectivity index (χ1) is 7.00. The number of benzene rings is 1. The van der Waals surface area contributed by atoms with Crippen LogP contribution >= 0.6 is 23.2 Å². The molecule has 0 saturated carbocycles. The van der Waals surface area contributed by atoms with Crippen molar-refractivity contribution in [2.75, 3.05) is 0 Å². The van der Waals surface area contributed by atoms with Crippen LogP contribution in [0, 0.1) is 0 Å². The molecule has 4 N–H and O–H groups in total. The molecule has 0 bridgehead atoms. The molecule has 15 heavy (non-hydrogen) atoms. The van der Waals surface area contributed by atoms with Crippen LogP contribution in [0.15, 0.2) is 18.2 Å². The molecule has 0 saturated heterocycles. The van der Waals surface area contributed by atoms with E-state index in [0.29, 0.717) is 5.02 Å². The Morgan fingerprint density at radius 1 is 1.13 bits per heavy atom. The third kappa shape index (κ3) is 3.30. The summed E-state index contributed by atoms with van der Waals surface area (Å²) in [6.07, 6.45) is 0. The molecule has 0 aliphatic carbocycles. The summed E-state index contributed by atoms with van der Waals surface area (Å²) in [5.41, 5.74) is 9.04. The van der Waals surface area contributed by atoms with Crippen molar-refractivity contribution >= 4 is 35.1 Å². The fourth-order valence-electron chi connectivity index (χ4n) is 0.828. The number of nitrogens with one attached hydrogen (secondary N) is 2. The quantitative estimate of drug-likeness (QED) is 0.654. The lowest BCUT2D eigenvalue weighted by Crippen LogP contribution is -2.44. The summed E-state index contributed by atoms with van der Waals surface area (Å²) in [5.74, 6) is -0.535. The highest BCUT2D eigenvalue weighted by atomic mass is 35.5. The number of carbonyl (C=O) groups excluding carboxylic acids is 2. The van der Waals surface area contributed by atoms with Crippen LogP contribution < -0.4 is 16.6 Å². The Bertz CT molecular complexity index is 409. The maximum Gasteiger partial charge on any atom is 0.330 e. The zero-order chi connectivity index (χ0) is 11.4. The lowest BCUT2D eigenvalue weighted by atomic mass is 10.2. The third-order valence-electron chi connectivity index (χ3n) is 1.48. The van der Waals surface area contributed by atoms with Gasteiger partial charge < -0.3 is 5.73 Å². The molecule has 1 rings (SSSR count). The molecule has 0 radical (unpaired) electrons. The van der Waals surface area contributed by atoms with Gasteiger partial charge in [0.1, 0.15) is 0 Å². The number of rotatable bonds is 1. The van der Waals surface area contributed by atoms with E-state index in [4.69, 9.17) is 28.9 Å². The number of halogens is 2. The minimum atomic E-state index is -0.858. The summed E-state index contributed by atoms with van der Waals surface area (Å²) in [6, 6.07) is 3.46. The van der Waals surface area contributed by atoms with E-state index in [0.717, 1.165) is 0 Å². The molecule has 0 aliphatic rings. The lowest BCUT2D eigenvalue weighted by molar-refractivity contribution is 0.0937. The van der Waals surface area contributed by atoms with Crippen LogP contribution in [0.1, 0.15) is 10.4 Å². The van der Waals surface area contributed by atoms with Crippen molar-refractivity contribution in [1.29, 1.82) is 0 Å². The summed E-state index contributed by atoms with van der Waals surface area (Å²) in [6.45, 7) is 0. The first-order valence-electron chi connectivity index (χ1n) is 3.81. The summed E-state index contributed by atoms with van der Waals surface area (Å²) in [4.78, 5) is 21.6. The van der Waals surface area contributed by atoms with Crippen molar-refractivity contribution < 1.29 is 9.59 Å². The molecule has 80 valence electrons. The Kier molecular flexibility index (Phi) is 3.76. The predicted molar refractivity (Wildman–Crippen MR) is 56.6 cm³/mol. The Balaban J connectivity index is 2.74. The topological polar surface area (TPSA) is 84.2 Å². The second-order valence-corrected chi connectivity index (χ2v) is 3.39. The monoisotopic (exact) mass is 247 g/mol. The fourth-order valence-corrected chi connectivity index (χ4v) is 1.13. The molecular formula is C8H7Cl2N3O2. The molecule has 1 aromatic rings. The zero-order valence-electron chi connectivity index (χ0n) is 7.38. The second-order valence-electron chi connectivity index (χ2n) is 2.57. The number of hydrogen-bond donors (Lipinski definition) is 3. The number of hydrogen-bond acceptors (Lipinski definition) is 2. The molecule has 5 nitrogen and oxygen atoms in total. The Hall–Kier alpha value is -1.46. The lowest BCUT2D eigenvalue weighted by Gasteiger charge is -2.05. The smallest absolute Gasteiger partial charge is 0.330 e. The third-order valence-corrected chi connectivity index (χ3v) is 2.22. The molecule has 7 heteroatoms. The van der Waals surface area contributed by atoms with Gasteiger partial charge in [0.15, 0.2) is 0 Å². The van der Waals surface area contributed by atoms with Gasteiger partial charge in [-0.15, -0.1) is 0 Å². The Labute approximate surface area is 95.5 Å². The van der Waals surface area contributed by atoms with Gasteiger partial charge in [0.25, 0.3) is 5.91 Å². The van der Waals surface area contributed by atoms with Gasteiger partial charge in [-0.1, -0.05) is 23.2 Å². The highest BCUT2D eigenvalue weighted by Gasteiger charge is 2.07. The van der Waals surface area contributed by atoms with Gasteiger partial charge in [0.2, 0.25) is 0 Å². The number of nitrogens with two attached hydrogens (primary N) is 1. The van der Waals surface area contributed by atoms with Gasteiger partial charge in [-0.25, -0.2) is 10.2 Å². The SMILES string of the molecule is NC(=O)NNC(=O)c1ccc(Cl)c(Cl)c1. The molecule has 0 spiro atoms. The van der Waals surface area contributed by atoms with Gasteiger partial charge in [0.05, 0.1) is 10.0 Å². The molecule has 0 aromatic heterocycles. The highest BCUT2D eigenvalue weighted by molar-refractivity contribution is 6.42. The maximum absolute atomic E-state index is 11.3. The highest BCUT2D eigenvalue weighted by Crippen LogP contribution is 2.22. The molecule has 0 aliphatic heterocycles. The van der Waals surface area contributed by atoms with Crippen molar-refractivity contribution in [2.45, 2.75) is 0 Å². The number of hydrazine groups is 1. The van der Waals surface area contributed by atoms with Crippen LogP contribution in [-0.4, -0.2) is 11.9 Å². The molecule has 1 aromatic carbocycles. The van der Waals surface area contributed by atoms with Crippen molar-refractivity contribution in [3.05, 3.63) is 33.8 Å². The van der Waals surface area contributed by atoms with Crippen LogP contribution in [0.25, 0.3) is 0 Å². The van der Waals surface area contributed by atoms with E-state index in [1.807, 2.05) is 5.43 Å². The average Bonchev–Trinajstić information content (AvgIpc) is 2.18. The summed E-state index contributed by atoms with van der Waals surface area (Å²) in [5, 5.41) is 0.597.